The number of hydrogen-bond acceptors (Lipinski definition) is 1. The third-order valence-electron chi connectivity index (χ3n) is 5.16. The lowest BCUT2D eigenvalue weighted by Gasteiger charge is -2.22. The van der Waals surface area contributed by atoms with Crippen molar-refractivity contribution in [1.29, 1.82) is 0 Å². The van der Waals surface area contributed by atoms with E-state index >= 15 is 0 Å². The number of nitrogens with zero attached hydrogens (tertiary/aromatic N) is 1. The highest BCUT2D eigenvalue weighted by molar-refractivity contribution is 4.60. The first-order valence-corrected chi connectivity index (χ1v) is 11.4. The van der Waals surface area contributed by atoms with Gasteiger partial charge in [0.15, 0.2) is 0 Å². The molecule has 0 aliphatic carbocycles. The third kappa shape index (κ3) is 18.3. The van der Waals surface area contributed by atoms with Gasteiger partial charge in [-0.2, -0.15) is 0 Å². The molecule has 0 aromatic heterocycles. The van der Waals surface area contributed by atoms with Crippen molar-refractivity contribution in [3.8, 4) is 0 Å². The van der Waals surface area contributed by atoms with E-state index in [4.69, 9.17) is 0 Å². The zero-order valence-corrected chi connectivity index (χ0v) is 17.8. The Morgan fingerprint density at radius 2 is 0.875 bits per heavy atom. The number of unbranched alkanes of at least 4 members (excludes halogenated alkanes) is 11. The fourth-order valence-corrected chi connectivity index (χ4v) is 3.45. The van der Waals surface area contributed by atoms with Crippen LogP contribution < -0.4 is 0 Å². The first-order valence-electron chi connectivity index (χ1n) is 11.4. The molecule has 0 fully saturated rings. The Morgan fingerprint density at radius 3 is 1.29 bits per heavy atom. The largest absolute Gasteiger partial charge is 0.303 e. The van der Waals surface area contributed by atoms with E-state index in [2.05, 4.69) is 32.6 Å². The molecule has 0 aromatic rings. The summed E-state index contributed by atoms with van der Waals surface area (Å²) in [6.07, 6.45) is 21.3. The second-order valence-corrected chi connectivity index (χ2v) is 8.27. The van der Waals surface area contributed by atoms with Crippen LogP contribution in [0, 0.1) is 5.92 Å². The van der Waals surface area contributed by atoms with Crippen molar-refractivity contribution in [3.05, 3.63) is 0 Å². The summed E-state index contributed by atoms with van der Waals surface area (Å²) in [4.78, 5) is 2.78. The summed E-state index contributed by atoms with van der Waals surface area (Å²) >= 11 is 0. The van der Waals surface area contributed by atoms with E-state index in [9.17, 15) is 0 Å². The average Bonchev–Trinajstić information content (AvgIpc) is 2.56. The molecule has 146 valence electrons. The second-order valence-electron chi connectivity index (χ2n) is 8.27. The van der Waals surface area contributed by atoms with Gasteiger partial charge in [-0.15, -0.1) is 0 Å². The Labute approximate surface area is 155 Å². The molecule has 0 unspecified atom stereocenters. The lowest BCUT2D eigenvalue weighted by molar-refractivity contribution is 0.253. The lowest BCUT2D eigenvalue weighted by Crippen LogP contribution is -2.27. The molecule has 0 heterocycles. The number of rotatable bonds is 19. The summed E-state index contributed by atoms with van der Waals surface area (Å²) in [7, 11) is 0. The van der Waals surface area contributed by atoms with E-state index in [1.165, 1.54) is 116 Å². The van der Waals surface area contributed by atoms with Crippen LogP contribution in [0.1, 0.15) is 124 Å². The third-order valence-corrected chi connectivity index (χ3v) is 5.16. The van der Waals surface area contributed by atoms with Crippen LogP contribution in [0.3, 0.4) is 0 Å². The summed E-state index contributed by atoms with van der Waals surface area (Å²) in [5.41, 5.74) is 0. The maximum absolute atomic E-state index is 2.78. The zero-order valence-electron chi connectivity index (χ0n) is 17.8. The molecule has 0 radical (unpaired) electrons. The van der Waals surface area contributed by atoms with Crippen molar-refractivity contribution >= 4 is 0 Å². The maximum Gasteiger partial charge on any atom is -0.00187 e. The Bertz CT molecular complexity index is 208. The van der Waals surface area contributed by atoms with Crippen molar-refractivity contribution in [3.63, 3.8) is 0 Å². The molecule has 0 aliphatic heterocycles. The molecular formula is C23H49N. The highest BCUT2D eigenvalue weighted by Crippen LogP contribution is 2.11. The molecule has 1 nitrogen and oxygen atoms in total. The molecular weight excluding hydrogens is 290 g/mol. The van der Waals surface area contributed by atoms with Crippen LogP contribution in [0.4, 0.5) is 0 Å². The highest BCUT2D eigenvalue weighted by atomic mass is 15.1. The summed E-state index contributed by atoms with van der Waals surface area (Å²) in [5.74, 6) is 0.871. The Morgan fingerprint density at radius 1 is 0.500 bits per heavy atom. The molecule has 0 aromatic carbocycles. The van der Waals surface area contributed by atoms with E-state index in [1.807, 2.05) is 0 Å². The molecule has 0 amide bonds. The molecule has 24 heavy (non-hydrogen) atoms. The molecule has 0 bridgehead atoms. The van der Waals surface area contributed by atoms with E-state index in [-0.39, 0.29) is 0 Å². The molecule has 0 aliphatic rings. The summed E-state index contributed by atoms with van der Waals surface area (Å²) in [6.45, 7) is 13.4. The molecule has 0 N–H and O–H groups in total. The first kappa shape index (κ1) is 24.0. The monoisotopic (exact) mass is 339 g/mol. The smallest absolute Gasteiger partial charge is 0.00187 e. The van der Waals surface area contributed by atoms with Crippen LogP contribution in [0.25, 0.3) is 0 Å². The molecule has 0 saturated heterocycles. The SMILES string of the molecule is CCCCCCCCN(CCCCCCCC)CCCCC(C)C. The van der Waals surface area contributed by atoms with Gasteiger partial charge in [-0.3, -0.25) is 0 Å². The van der Waals surface area contributed by atoms with Crippen molar-refractivity contribution in [1.82, 2.24) is 4.90 Å². The molecule has 1 heteroatoms. The van der Waals surface area contributed by atoms with Gasteiger partial charge in [-0.05, 0) is 44.8 Å². The standard InChI is InChI=1S/C23H49N/c1-5-7-9-11-13-16-20-24(22-18-15-19-23(3)4)21-17-14-12-10-8-6-2/h23H,5-22H2,1-4H3. The van der Waals surface area contributed by atoms with Gasteiger partial charge in [-0.1, -0.05) is 105 Å². The Kier molecular flexibility index (Phi) is 19.3. The summed E-state index contributed by atoms with van der Waals surface area (Å²) in [5, 5.41) is 0. The van der Waals surface area contributed by atoms with E-state index < -0.39 is 0 Å². The fourth-order valence-electron chi connectivity index (χ4n) is 3.45. The van der Waals surface area contributed by atoms with Crippen LogP contribution in [-0.4, -0.2) is 24.5 Å². The highest BCUT2D eigenvalue weighted by Gasteiger charge is 2.05. The molecule has 0 spiro atoms. The van der Waals surface area contributed by atoms with Gasteiger partial charge >= 0.3 is 0 Å². The summed E-state index contributed by atoms with van der Waals surface area (Å²) < 4.78 is 0. The van der Waals surface area contributed by atoms with Gasteiger partial charge in [-0.25, -0.2) is 0 Å². The van der Waals surface area contributed by atoms with Crippen molar-refractivity contribution in [2.45, 2.75) is 124 Å². The van der Waals surface area contributed by atoms with E-state index in [0.29, 0.717) is 0 Å². The van der Waals surface area contributed by atoms with Crippen LogP contribution in [0.15, 0.2) is 0 Å². The minimum absolute atomic E-state index is 0.871. The normalized spacial score (nSPS) is 11.8. The van der Waals surface area contributed by atoms with Crippen LogP contribution in [0.2, 0.25) is 0 Å². The predicted molar refractivity (Wildman–Crippen MR) is 112 cm³/mol. The van der Waals surface area contributed by atoms with Crippen molar-refractivity contribution < 1.29 is 0 Å². The lowest BCUT2D eigenvalue weighted by atomic mass is 10.1. The number of hydrogen-bond donors (Lipinski definition) is 0. The van der Waals surface area contributed by atoms with Gasteiger partial charge in [0.1, 0.15) is 0 Å². The minimum Gasteiger partial charge on any atom is -0.303 e. The van der Waals surface area contributed by atoms with Gasteiger partial charge in [0.05, 0.1) is 0 Å². The molecule has 0 atom stereocenters. The predicted octanol–water partition coefficient (Wildman–Crippen LogP) is 7.84. The Balaban J connectivity index is 3.78. The van der Waals surface area contributed by atoms with Gasteiger partial charge in [0.25, 0.3) is 0 Å². The topological polar surface area (TPSA) is 3.24 Å². The maximum atomic E-state index is 2.78. The first-order chi connectivity index (χ1) is 11.7. The van der Waals surface area contributed by atoms with E-state index in [0.717, 1.165) is 5.92 Å². The van der Waals surface area contributed by atoms with Crippen molar-refractivity contribution in [2.75, 3.05) is 19.6 Å². The summed E-state index contributed by atoms with van der Waals surface area (Å²) in [6, 6.07) is 0. The van der Waals surface area contributed by atoms with Gasteiger partial charge in [0, 0.05) is 0 Å². The van der Waals surface area contributed by atoms with Crippen LogP contribution >= 0.6 is 0 Å². The van der Waals surface area contributed by atoms with E-state index in [1.54, 1.807) is 0 Å². The van der Waals surface area contributed by atoms with Gasteiger partial charge in [0.2, 0.25) is 0 Å². The molecule has 0 rings (SSSR count). The molecule has 0 saturated carbocycles. The van der Waals surface area contributed by atoms with Crippen LogP contribution in [-0.2, 0) is 0 Å². The zero-order chi connectivity index (χ0) is 17.9. The van der Waals surface area contributed by atoms with Gasteiger partial charge < -0.3 is 4.90 Å². The second kappa shape index (κ2) is 19.3. The minimum atomic E-state index is 0.871. The quantitative estimate of drug-likeness (QED) is 0.217. The van der Waals surface area contributed by atoms with Crippen LogP contribution in [0.5, 0.6) is 0 Å². The van der Waals surface area contributed by atoms with Crippen molar-refractivity contribution in [2.24, 2.45) is 5.92 Å². The Hall–Kier alpha value is -0.0400. The average molecular weight is 340 g/mol. The fraction of sp³-hybridized carbons (Fsp3) is 1.00.